The van der Waals surface area contributed by atoms with Crippen LogP contribution in [0, 0.1) is 0 Å². The molecule has 23 heavy (non-hydrogen) atoms. The van der Waals surface area contributed by atoms with E-state index < -0.39 is 23.7 Å². The fourth-order valence-electron chi connectivity index (χ4n) is 2.88. The van der Waals surface area contributed by atoms with Crippen LogP contribution in [0.5, 0.6) is 0 Å². The number of rotatable bonds is 2. The predicted molar refractivity (Wildman–Crippen MR) is 80.6 cm³/mol. The van der Waals surface area contributed by atoms with Crippen molar-refractivity contribution in [2.45, 2.75) is 44.6 Å². The first-order chi connectivity index (χ1) is 10.7. The van der Waals surface area contributed by atoms with Gasteiger partial charge in [-0.1, -0.05) is 11.2 Å². The summed E-state index contributed by atoms with van der Waals surface area (Å²) in [5, 5.41) is 4.53. The topological polar surface area (TPSA) is 45.1 Å². The van der Waals surface area contributed by atoms with E-state index >= 15 is 0 Å². The molecule has 1 atom stereocenters. The molecular weight excluding hydrogens is 331 g/mol. The van der Waals surface area contributed by atoms with Crippen LogP contribution in [0.1, 0.15) is 26.7 Å². The van der Waals surface area contributed by atoms with Crippen molar-refractivity contribution in [3.63, 3.8) is 0 Å². The highest BCUT2D eigenvalue weighted by molar-refractivity contribution is 8.14. The molecule has 3 aliphatic heterocycles. The molecular formula is C14H18F3N3O2S. The van der Waals surface area contributed by atoms with Gasteiger partial charge >= 0.3 is 6.30 Å². The van der Waals surface area contributed by atoms with Crippen LogP contribution in [0.3, 0.4) is 0 Å². The van der Waals surface area contributed by atoms with Gasteiger partial charge in [0.2, 0.25) is 0 Å². The fraction of sp³-hybridized carbons (Fsp3) is 0.714. The summed E-state index contributed by atoms with van der Waals surface area (Å²) < 4.78 is 39.9. The molecule has 0 amide bonds. The van der Waals surface area contributed by atoms with Gasteiger partial charge in [0.25, 0.3) is 0 Å². The second-order valence-corrected chi connectivity index (χ2v) is 7.52. The summed E-state index contributed by atoms with van der Waals surface area (Å²) in [7, 11) is 0. The Morgan fingerprint density at radius 3 is 2.83 bits per heavy atom. The summed E-state index contributed by atoms with van der Waals surface area (Å²) in [4.78, 5) is 19.5. The lowest BCUT2D eigenvalue weighted by atomic mass is 10.1. The first-order valence-corrected chi connectivity index (χ1v) is 8.36. The molecule has 0 radical (unpaired) electrons. The summed E-state index contributed by atoms with van der Waals surface area (Å²) in [5.74, 6) is -0.445. The third-order valence-corrected chi connectivity index (χ3v) is 5.07. The van der Waals surface area contributed by atoms with Gasteiger partial charge in [-0.2, -0.15) is 18.1 Å². The molecule has 0 saturated carbocycles. The van der Waals surface area contributed by atoms with Gasteiger partial charge in [0.15, 0.2) is 5.78 Å². The van der Waals surface area contributed by atoms with Crippen molar-refractivity contribution < 1.29 is 22.8 Å². The van der Waals surface area contributed by atoms with Crippen molar-refractivity contribution in [2.24, 2.45) is 5.16 Å². The number of oxime groups is 1. The molecule has 3 rings (SSSR count). The van der Waals surface area contributed by atoms with E-state index in [1.807, 2.05) is 13.8 Å². The lowest BCUT2D eigenvalue weighted by Gasteiger charge is -2.41. The Hall–Kier alpha value is -1.22. The predicted octanol–water partition coefficient (Wildman–Crippen LogP) is 2.55. The molecule has 3 heterocycles. The molecule has 1 unspecified atom stereocenters. The van der Waals surface area contributed by atoms with E-state index in [4.69, 9.17) is 4.84 Å². The maximum Gasteiger partial charge on any atom is 0.462 e. The minimum Gasteiger partial charge on any atom is -0.389 e. The third kappa shape index (κ3) is 3.35. The molecule has 3 aliphatic rings. The van der Waals surface area contributed by atoms with Crippen molar-refractivity contribution in [2.75, 3.05) is 19.0 Å². The number of alkyl halides is 3. The summed E-state index contributed by atoms with van der Waals surface area (Å²) in [6.45, 7) is 3.89. The summed E-state index contributed by atoms with van der Waals surface area (Å²) in [6.07, 6.45) is -1.66. The van der Waals surface area contributed by atoms with E-state index in [0.29, 0.717) is 35.0 Å². The normalized spacial score (nSPS) is 27.6. The van der Waals surface area contributed by atoms with Crippen molar-refractivity contribution >= 4 is 22.6 Å². The van der Waals surface area contributed by atoms with Crippen molar-refractivity contribution in [1.82, 2.24) is 9.80 Å². The molecule has 0 spiro atoms. The van der Waals surface area contributed by atoms with E-state index in [9.17, 15) is 18.0 Å². The maximum atomic E-state index is 13.3. The van der Waals surface area contributed by atoms with Crippen molar-refractivity contribution in [1.29, 1.82) is 0 Å². The van der Waals surface area contributed by atoms with Crippen LogP contribution < -0.4 is 0 Å². The highest BCUT2D eigenvalue weighted by atomic mass is 32.2. The van der Waals surface area contributed by atoms with E-state index in [1.165, 1.54) is 16.7 Å². The highest BCUT2D eigenvalue weighted by Crippen LogP contribution is 2.35. The van der Waals surface area contributed by atoms with Crippen LogP contribution in [-0.2, 0) is 9.63 Å². The maximum absolute atomic E-state index is 13.3. The van der Waals surface area contributed by atoms with Crippen molar-refractivity contribution in [3.8, 4) is 0 Å². The summed E-state index contributed by atoms with van der Waals surface area (Å²) in [6, 6.07) is -1.22. The van der Waals surface area contributed by atoms with Gasteiger partial charge in [-0.25, -0.2) is 0 Å². The largest absolute Gasteiger partial charge is 0.462 e. The second-order valence-electron chi connectivity index (χ2n) is 6.42. The Labute approximate surface area is 136 Å². The van der Waals surface area contributed by atoms with Gasteiger partial charge in [0, 0.05) is 18.7 Å². The average Bonchev–Trinajstić information content (AvgIpc) is 3.02. The van der Waals surface area contributed by atoms with E-state index in [-0.39, 0.29) is 12.4 Å². The number of fused-ring (bicyclic) bond motifs is 1. The molecule has 0 aromatic rings. The summed E-state index contributed by atoms with van der Waals surface area (Å²) >= 11 is 1.17. The SMILES string of the molecule is CC1(C)CC(SCC2C(=O)C3=CCCN3CN2C(F)(F)F)=NO1. The number of thioether (sulfide) groups is 1. The molecule has 0 aromatic carbocycles. The Bertz CT molecular complexity index is 574. The van der Waals surface area contributed by atoms with Crippen LogP contribution in [0.15, 0.2) is 16.9 Å². The first kappa shape index (κ1) is 16.6. The van der Waals surface area contributed by atoms with Gasteiger partial charge in [0.05, 0.1) is 18.4 Å². The standard InChI is InChI=1S/C14H18F3N3O2S/c1-13(2)6-11(18-22-13)23-7-10-12(21)9-4-3-5-19(9)8-20(10)14(15,16)17/h4,10H,3,5-8H2,1-2H3. The smallest absolute Gasteiger partial charge is 0.389 e. The lowest BCUT2D eigenvalue weighted by molar-refractivity contribution is -0.266. The van der Waals surface area contributed by atoms with Crippen molar-refractivity contribution in [3.05, 3.63) is 11.8 Å². The molecule has 9 heteroatoms. The Morgan fingerprint density at radius 2 is 2.22 bits per heavy atom. The average molecular weight is 349 g/mol. The minimum atomic E-state index is -4.54. The van der Waals surface area contributed by atoms with Gasteiger partial charge < -0.3 is 9.74 Å². The highest BCUT2D eigenvalue weighted by Gasteiger charge is 2.50. The Balaban J connectivity index is 1.73. The van der Waals surface area contributed by atoms with Gasteiger partial charge in [-0.05, 0) is 20.3 Å². The number of ketones is 1. The van der Waals surface area contributed by atoms with E-state index in [1.54, 1.807) is 6.08 Å². The van der Waals surface area contributed by atoms with Crippen LogP contribution >= 0.6 is 11.8 Å². The first-order valence-electron chi connectivity index (χ1n) is 7.38. The van der Waals surface area contributed by atoms with E-state index in [0.717, 1.165) is 0 Å². The second kappa shape index (κ2) is 5.70. The monoisotopic (exact) mass is 349 g/mol. The molecule has 0 aliphatic carbocycles. The summed E-state index contributed by atoms with van der Waals surface area (Å²) in [5.41, 5.74) is -0.0195. The number of halogens is 3. The lowest BCUT2D eigenvalue weighted by Crippen LogP contribution is -2.60. The van der Waals surface area contributed by atoms with Crippen LogP contribution in [0.25, 0.3) is 0 Å². The molecule has 1 fully saturated rings. The van der Waals surface area contributed by atoms with Crippen LogP contribution in [0.4, 0.5) is 13.2 Å². The number of nitrogens with zero attached hydrogens (tertiary/aromatic N) is 3. The molecule has 128 valence electrons. The molecule has 5 nitrogen and oxygen atoms in total. The van der Waals surface area contributed by atoms with Gasteiger partial charge in [-0.3, -0.25) is 4.79 Å². The number of carbonyl (C=O) groups excluding carboxylic acids is 1. The van der Waals surface area contributed by atoms with Crippen LogP contribution in [-0.4, -0.2) is 57.5 Å². The number of hydrogen-bond acceptors (Lipinski definition) is 6. The molecule has 0 N–H and O–H groups in total. The number of Topliss-reactive ketones (excluding diaryl/α,β-unsaturated/α-hetero) is 1. The minimum absolute atomic E-state index is 0.0157. The van der Waals surface area contributed by atoms with Gasteiger partial charge in [0.1, 0.15) is 10.6 Å². The number of hydrogen-bond donors (Lipinski definition) is 0. The van der Waals surface area contributed by atoms with Gasteiger partial charge in [-0.15, -0.1) is 11.8 Å². The Morgan fingerprint density at radius 1 is 1.48 bits per heavy atom. The molecule has 0 aromatic heterocycles. The third-order valence-electron chi connectivity index (χ3n) is 4.04. The van der Waals surface area contributed by atoms with Crippen LogP contribution in [0.2, 0.25) is 0 Å². The molecule has 0 bridgehead atoms. The zero-order valence-corrected chi connectivity index (χ0v) is 13.7. The zero-order chi connectivity index (χ0) is 16.8. The Kier molecular flexibility index (Phi) is 4.12. The van der Waals surface area contributed by atoms with E-state index in [2.05, 4.69) is 5.16 Å². The number of carbonyl (C=O) groups is 1. The molecule has 1 saturated heterocycles. The quantitative estimate of drug-likeness (QED) is 0.717. The zero-order valence-electron chi connectivity index (χ0n) is 12.9. The fourth-order valence-corrected chi connectivity index (χ4v) is 4.10.